The molecule has 0 atom stereocenters. The van der Waals surface area contributed by atoms with Gasteiger partial charge in [0.15, 0.2) is 6.79 Å². The van der Waals surface area contributed by atoms with Gasteiger partial charge in [-0.3, -0.25) is 4.98 Å². The van der Waals surface area contributed by atoms with E-state index in [9.17, 15) is 13.2 Å². The lowest BCUT2D eigenvalue weighted by atomic mass is 10.2. The molecule has 19 heavy (non-hydrogen) atoms. The van der Waals surface area contributed by atoms with Crippen molar-refractivity contribution in [3.8, 4) is 5.75 Å². The zero-order chi connectivity index (χ0) is 13.9. The van der Waals surface area contributed by atoms with Crippen LogP contribution in [0.4, 0.5) is 18.9 Å². The number of benzene rings is 1. The molecular weight excluding hydrogens is 261 g/mol. The Labute approximate surface area is 106 Å². The van der Waals surface area contributed by atoms with Crippen LogP contribution in [0.2, 0.25) is 0 Å². The number of aromatic nitrogens is 1. The summed E-state index contributed by atoms with van der Waals surface area (Å²) in [5.41, 5.74) is 6.77. The monoisotopic (exact) mass is 272 g/mol. The second-order valence-corrected chi connectivity index (χ2v) is 3.78. The summed E-state index contributed by atoms with van der Waals surface area (Å²) in [7, 11) is 0. The molecule has 2 rings (SSSR count). The summed E-state index contributed by atoms with van der Waals surface area (Å²) in [6.45, 7) is -1.86. The number of fused-ring (bicyclic) bond motifs is 1. The number of anilines is 1. The standard InChI is InChI=1S/C12H11F3N2O2/c13-12(14,15)6-18-7-19-10-4-3-9(16)8-2-1-5-17-11(8)10/h1-5H,6-7,16H2. The van der Waals surface area contributed by atoms with Gasteiger partial charge >= 0.3 is 6.18 Å². The highest BCUT2D eigenvalue weighted by Gasteiger charge is 2.27. The largest absolute Gasteiger partial charge is 0.465 e. The minimum Gasteiger partial charge on any atom is -0.465 e. The molecule has 0 spiro atoms. The van der Waals surface area contributed by atoms with Crippen molar-refractivity contribution in [3.05, 3.63) is 30.5 Å². The Kier molecular flexibility index (Phi) is 3.75. The maximum Gasteiger partial charge on any atom is 0.411 e. The smallest absolute Gasteiger partial charge is 0.411 e. The number of rotatable bonds is 4. The summed E-state index contributed by atoms with van der Waals surface area (Å²) < 4.78 is 45.1. The van der Waals surface area contributed by atoms with Crippen molar-refractivity contribution in [2.45, 2.75) is 6.18 Å². The number of halogens is 3. The third-order valence-corrected chi connectivity index (χ3v) is 2.33. The van der Waals surface area contributed by atoms with Gasteiger partial charge in [0, 0.05) is 17.3 Å². The first-order chi connectivity index (χ1) is 8.97. The molecule has 0 aliphatic heterocycles. The molecule has 102 valence electrons. The molecular formula is C12H11F3N2O2. The third-order valence-electron chi connectivity index (χ3n) is 2.33. The van der Waals surface area contributed by atoms with E-state index in [0.29, 0.717) is 22.3 Å². The minimum absolute atomic E-state index is 0.326. The van der Waals surface area contributed by atoms with Gasteiger partial charge in [-0.25, -0.2) is 0 Å². The van der Waals surface area contributed by atoms with Crippen molar-refractivity contribution < 1.29 is 22.6 Å². The Morgan fingerprint density at radius 3 is 2.74 bits per heavy atom. The van der Waals surface area contributed by atoms with Crippen LogP contribution < -0.4 is 10.5 Å². The topological polar surface area (TPSA) is 57.4 Å². The molecule has 7 heteroatoms. The first-order valence-corrected chi connectivity index (χ1v) is 5.38. The fourth-order valence-electron chi connectivity index (χ4n) is 1.55. The van der Waals surface area contributed by atoms with Crippen molar-refractivity contribution in [1.29, 1.82) is 0 Å². The van der Waals surface area contributed by atoms with Gasteiger partial charge in [0.25, 0.3) is 0 Å². The van der Waals surface area contributed by atoms with Crippen LogP contribution in [0.15, 0.2) is 30.5 Å². The summed E-state index contributed by atoms with van der Waals surface area (Å²) in [5.74, 6) is 0.326. The van der Waals surface area contributed by atoms with Crippen LogP contribution in [-0.4, -0.2) is 24.6 Å². The van der Waals surface area contributed by atoms with E-state index in [1.54, 1.807) is 30.5 Å². The summed E-state index contributed by atoms with van der Waals surface area (Å²) in [6.07, 6.45) is -2.82. The molecule has 2 aromatic rings. The average molecular weight is 272 g/mol. The van der Waals surface area contributed by atoms with Gasteiger partial charge in [0.05, 0.1) is 0 Å². The maximum absolute atomic E-state index is 11.9. The summed E-state index contributed by atoms with van der Waals surface area (Å²) in [4.78, 5) is 4.09. The lowest BCUT2D eigenvalue weighted by molar-refractivity contribution is -0.186. The van der Waals surface area contributed by atoms with E-state index in [2.05, 4.69) is 9.72 Å². The van der Waals surface area contributed by atoms with Crippen LogP contribution in [0.3, 0.4) is 0 Å². The summed E-state index contributed by atoms with van der Waals surface area (Å²) >= 11 is 0. The normalized spacial score (nSPS) is 11.7. The van der Waals surface area contributed by atoms with Gasteiger partial charge in [0.2, 0.25) is 0 Å². The molecule has 0 saturated carbocycles. The molecule has 0 amide bonds. The molecule has 0 radical (unpaired) electrons. The van der Waals surface area contributed by atoms with E-state index in [0.717, 1.165) is 0 Å². The molecule has 1 aromatic carbocycles. The van der Waals surface area contributed by atoms with Crippen LogP contribution in [0.1, 0.15) is 0 Å². The van der Waals surface area contributed by atoms with E-state index >= 15 is 0 Å². The first kappa shape index (κ1) is 13.4. The Balaban J connectivity index is 2.07. The van der Waals surface area contributed by atoms with Gasteiger partial charge in [-0.05, 0) is 24.3 Å². The number of alkyl halides is 3. The van der Waals surface area contributed by atoms with Crippen LogP contribution >= 0.6 is 0 Å². The van der Waals surface area contributed by atoms with Gasteiger partial charge in [-0.2, -0.15) is 13.2 Å². The van der Waals surface area contributed by atoms with Crippen molar-refractivity contribution in [2.75, 3.05) is 19.1 Å². The molecule has 0 bridgehead atoms. The number of nitrogens with two attached hydrogens (primary N) is 1. The fourth-order valence-corrected chi connectivity index (χ4v) is 1.55. The van der Waals surface area contributed by atoms with E-state index < -0.39 is 19.6 Å². The highest BCUT2D eigenvalue weighted by molar-refractivity contribution is 5.94. The second-order valence-electron chi connectivity index (χ2n) is 3.78. The predicted molar refractivity (Wildman–Crippen MR) is 63.7 cm³/mol. The third kappa shape index (κ3) is 3.47. The number of nitrogens with zero attached hydrogens (tertiary/aromatic N) is 1. The van der Waals surface area contributed by atoms with Crippen molar-refractivity contribution in [1.82, 2.24) is 4.98 Å². The zero-order valence-electron chi connectivity index (χ0n) is 9.78. The van der Waals surface area contributed by atoms with E-state index in [1.807, 2.05) is 0 Å². The van der Waals surface area contributed by atoms with E-state index in [4.69, 9.17) is 10.5 Å². The fraction of sp³-hybridized carbons (Fsp3) is 0.250. The predicted octanol–water partition coefficient (Wildman–Crippen LogP) is 2.73. The molecule has 1 aromatic heterocycles. The number of hydrogen-bond acceptors (Lipinski definition) is 4. The number of pyridine rings is 1. The zero-order valence-corrected chi connectivity index (χ0v) is 9.78. The van der Waals surface area contributed by atoms with Gasteiger partial charge in [-0.15, -0.1) is 0 Å². The van der Waals surface area contributed by atoms with E-state index in [-0.39, 0.29) is 0 Å². The quantitative estimate of drug-likeness (QED) is 0.528. The van der Waals surface area contributed by atoms with Crippen molar-refractivity contribution in [3.63, 3.8) is 0 Å². The average Bonchev–Trinajstić information content (AvgIpc) is 2.36. The lowest BCUT2D eigenvalue weighted by Crippen LogP contribution is -2.19. The molecule has 4 nitrogen and oxygen atoms in total. The Morgan fingerprint density at radius 1 is 1.21 bits per heavy atom. The van der Waals surface area contributed by atoms with Gasteiger partial charge in [-0.1, -0.05) is 0 Å². The number of hydrogen-bond donors (Lipinski definition) is 1. The second kappa shape index (κ2) is 5.31. The van der Waals surface area contributed by atoms with Crippen molar-refractivity contribution in [2.24, 2.45) is 0 Å². The molecule has 0 aliphatic carbocycles. The summed E-state index contributed by atoms with van der Waals surface area (Å²) in [6, 6.07) is 6.61. The lowest BCUT2D eigenvalue weighted by Gasteiger charge is -2.11. The number of nitrogen functional groups attached to an aromatic ring is 1. The highest BCUT2D eigenvalue weighted by Crippen LogP contribution is 2.28. The van der Waals surface area contributed by atoms with Crippen LogP contribution in [0.25, 0.3) is 10.9 Å². The molecule has 0 aliphatic rings. The molecule has 0 saturated heterocycles. The molecule has 0 fully saturated rings. The maximum atomic E-state index is 11.9. The molecule has 1 heterocycles. The molecule has 2 N–H and O–H groups in total. The van der Waals surface area contributed by atoms with Crippen molar-refractivity contribution >= 4 is 16.6 Å². The number of ether oxygens (including phenoxy) is 2. The highest BCUT2D eigenvalue weighted by atomic mass is 19.4. The van der Waals surface area contributed by atoms with Crippen LogP contribution in [-0.2, 0) is 4.74 Å². The van der Waals surface area contributed by atoms with E-state index in [1.165, 1.54) is 0 Å². The Hall–Kier alpha value is -2.02. The molecule has 0 unspecified atom stereocenters. The summed E-state index contributed by atoms with van der Waals surface area (Å²) in [5, 5.41) is 0.677. The first-order valence-electron chi connectivity index (χ1n) is 5.38. The SMILES string of the molecule is Nc1ccc(OCOCC(F)(F)F)c2ncccc12. The Bertz CT molecular complexity index is 572. The minimum atomic E-state index is -4.37. The van der Waals surface area contributed by atoms with Crippen LogP contribution in [0, 0.1) is 0 Å². The van der Waals surface area contributed by atoms with Gasteiger partial charge in [0.1, 0.15) is 17.9 Å². The van der Waals surface area contributed by atoms with Crippen LogP contribution in [0.5, 0.6) is 5.75 Å². The Morgan fingerprint density at radius 2 is 2.00 bits per heavy atom. The van der Waals surface area contributed by atoms with Gasteiger partial charge < -0.3 is 15.2 Å².